The van der Waals surface area contributed by atoms with E-state index >= 15 is 0 Å². The van der Waals surface area contributed by atoms with Gasteiger partial charge in [-0.05, 0) is 37.6 Å². The van der Waals surface area contributed by atoms with Gasteiger partial charge in [-0.15, -0.1) is 0 Å². The molecule has 150 valence electrons. The van der Waals surface area contributed by atoms with Crippen molar-refractivity contribution < 1.29 is 9.59 Å². The van der Waals surface area contributed by atoms with Gasteiger partial charge in [-0.1, -0.05) is 6.92 Å². The highest BCUT2D eigenvalue weighted by Gasteiger charge is 2.38. The van der Waals surface area contributed by atoms with Gasteiger partial charge in [0.1, 0.15) is 11.9 Å². The van der Waals surface area contributed by atoms with Crippen LogP contribution >= 0.6 is 0 Å². The fourth-order valence-electron chi connectivity index (χ4n) is 3.73. The Morgan fingerprint density at radius 2 is 2.00 bits per heavy atom. The average Bonchev–Trinajstić information content (AvgIpc) is 2.71. The molecule has 0 aliphatic carbocycles. The first-order valence-electron chi connectivity index (χ1n) is 9.58. The van der Waals surface area contributed by atoms with Gasteiger partial charge >= 0.3 is 0 Å². The van der Waals surface area contributed by atoms with Crippen molar-refractivity contribution in [3.63, 3.8) is 0 Å². The topological polar surface area (TPSA) is 111 Å². The molecule has 0 spiro atoms. The van der Waals surface area contributed by atoms with Gasteiger partial charge in [0, 0.05) is 36.7 Å². The highest BCUT2D eigenvalue weighted by molar-refractivity contribution is 5.97. The van der Waals surface area contributed by atoms with E-state index in [2.05, 4.69) is 27.5 Å². The van der Waals surface area contributed by atoms with Crippen LogP contribution in [0.5, 0.6) is 0 Å². The van der Waals surface area contributed by atoms with Crippen molar-refractivity contribution in [3.05, 3.63) is 47.4 Å². The van der Waals surface area contributed by atoms with Crippen LogP contribution in [0.15, 0.2) is 30.6 Å². The van der Waals surface area contributed by atoms with Crippen molar-refractivity contribution in [1.29, 1.82) is 5.26 Å². The van der Waals surface area contributed by atoms with E-state index in [4.69, 9.17) is 5.26 Å². The predicted molar refractivity (Wildman–Crippen MR) is 109 cm³/mol. The normalized spacial score (nSPS) is 20.4. The summed E-state index contributed by atoms with van der Waals surface area (Å²) in [6.45, 7) is 8.00. The van der Waals surface area contributed by atoms with Crippen LogP contribution in [0.2, 0.25) is 0 Å². The molecule has 3 atom stereocenters. The SMILES string of the molecule is CCNC(=O)c1ccc2c(c1)C(Nc1cnc(C#N)cn1)[C@@H](C)[C@H](C)N2C(C)=O. The summed E-state index contributed by atoms with van der Waals surface area (Å²) in [6.07, 6.45) is 2.92. The van der Waals surface area contributed by atoms with Gasteiger partial charge in [-0.3, -0.25) is 9.59 Å². The Balaban J connectivity index is 2.06. The number of anilines is 2. The van der Waals surface area contributed by atoms with Gasteiger partial charge in [-0.25, -0.2) is 9.97 Å². The quantitative estimate of drug-likeness (QED) is 0.827. The molecule has 8 nitrogen and oxygen atoms in total. The summed E-state index contributed by atoms with van der Waals surface area (Å²) in [6, 6.07) is 7.09. The molecular weight excluding hydrogens is 368 g/mol. The van der Waals surface area contributed by atoms with Crippen molar-refractivity contribution in [2.75, 3.05) is 16.8 Å². The number of carbonyl (C=O) groups excluding carboxylic acids is 2. The number of carbonyl (C=O) groups is 2. The summed E-state index contributed by atoms with van der Waals surface area (Å²) >= 11 is 0. The maximum Gasteiger partial charge on any atom is 0.251 e. The first-order chi connectivity index (χ1) is 13.9. The van der Waals surface area contributed by atoms with E-state index in [-0.39, 0.29) is 35.5 Å². The molecule has 0 radical (unpaired) electrons. The van der Waals surface area contributed by atoms with Crippen molar-refractivity contribution >= 4 is 23.3 Å². The summed E-state index contributed by atoms with van der Waals surface area (Å²) < 4.78 is 0. The van der Waals surface area contributed by atoms with Crippen LogP contribution in [0.4, 0.5) is 11.5 Å². The first-order valence-corrected chi connectivity index (χ1v) is 9.58. The van der Waals surface area contributed by atoms with Crippen LogP contribution in [-0.4, -0.2) is 34.4 Å². The molecule has 0 fully saturated rings. The van der Waals surface area contributed by atoms with Crippen LogP contribution in [0.3, 0.4) is 0 Å². The molecule has 8 heteroatoms. The van der Waals surface area contributed by atoms with Crippen LogP contribution in [0.25, 0.3) is 0 Å². The number of hydrogen-bond acceptors (Lipinski definition) is 6. The second kappa shape index (κ2) is 8.27. The van der Waals surface area contributed by atoms with Gasteiger partial charge in [-0.2, -0.15) is 5.26 Å². The van der Waals surface area contributed by atoms with Crippen LogP contribution in [0, 0.1) is 17.2 Å². The van der Waals surface area contributed by atoms with Crippen LogP contribution < -0.4 is 15.5 Å². The van der Waals surface area contributed by atoms with Crippen LogP contribution in [-0.2, 0) is 4.79 Å². The summed E-state index contributed by atoms with van der Waals surface area (Å²) in [5.41, 5.74) is 2.40. The predicted octanol–water partition coefficient (Wildman–Crippen LogP) is 2.64. The molecule has 0 saturated carbocycles. The van der Waals surface area contributed by atoms with Crippen molar-refractivity contribution in [2.24, 2.45) is 5.92 Å². The number of nitriles is 1. The summed E-state index contributed by atoms with van der Waals surface area (Å²) in [5.74, 6) is 0.354. The second-order valence-electron chi connectivity index (χ2n) is 7.14. The monoisotopic (exact) mass is 392 g/mol. The minimum absolute atomic E-state index is 0.0355. The minimum Gasteiger partial charge on any atom is -0.362 e. The third-order valence-electron chi connectivity index (χ3n) is 5.32. The van der Waals surface area contributed by atoms with E-state index < -0.39 is 0 Å². The number of hydrogen-bond donors (Lipinski definition) is 2. The third kappa shape index (κ3) is 3.90. The van der Waals surface area contributed by atoms with E-state index in [9.17, 15) is 9.59 Å². The Hall–Kier alpha value is -3.47. The lowest BCUT2D eigenvalue weighted by atomic mass is 9.82. The van der Waals surface area contributed by atoms with E-state index in [0.29, 0.717) is 17.9 Å². The summed E-state index contributed by atoms with van der Waals surface area (Å²) in [5, 5.41) is 15.1. The molecule has 0 bridgehead atoms. The first kappa shape index (κ1) is 20.3. The van der Waals surface area contributed by atoms with Gasteiger partial charge in [0.2, 0.25) is 5.91 Å². The molecule has 1 unspecified atom stereocenters. The summed E-state index contributed by atoms with van der Waals surface area (Å²) in [7, 11) is 0. The minimum atomic E-state index is -0.188. The molecule has 1 aliphatic rings. The number of fused-ring (bicyclic) bond motifs is 1. The Kier molecular flexibility index (Phi) is 5.78. The molecule has 1 aliphatic heterocycles. The smallest absolute Gasteiger partial charge is 0.251 e. The lowest BCUT2D eigenvalue weighted by molar-refractivity contribution is -0.117. The molecule has 1 aromatic heterocycles. The molecule has 29 heavy (non-hydrogen) atoms. The number of nitrogens with one attached hydrogen (secondary N) is 2. The lowest BCUT2D eigenvalue weighted by Crippen LogP contribution is -2.48. The third-order valence-corrected chi connectivity index (χ3v) is 5.32. The zero-order valence-electron chi connectivity index (χ0n) is 16.9. The van der Waals surface area contributed by atoms with E-state index in [1.54, 1.807) is 17.9 Å². The number of aromatic nitrogens is 2. The summed E-state index contributed by atoms with van der Waals surface area (Å²) in [4.78, 5) is 34.8. The average molecular weight is 392 g/mol. The molecule has 2 heterocycles. The zero-order valence-corrected chi connectivity index (χ0v) is 16.9. The molecule has 2 N–H and O–H groups in total. The fraction of sp³-hybridized carbons (Fsp3) is 0.381. The van der Waals surface area contributed by atoms with Gasteiger partial charge in [0.05, 0.1) is 18.4 Å². The fourth-order valence-corrected chi connectivity index (χ4v) is 3.73. The molecule has 1 aromatic carbocycles. The largest absolute Gasteiger partial charge is 0.362 e. The van der Waals surface area contributed by atoms with Crippen molar-refractivity contribution in [3.8, 4) is 6.07 Å². The number of benzene rings is 1. The van der Waals surface area contributed by atoms with Crippen molar-refractivity contribution in [1.82, 2.24) is 15.3 Å². The number of rotatable bonds is 4. The van der Waals surface area contributed by atoms with Gasteiger partial charge < -0.3 is 15.5 Å². The molecular formula is C21H24N6O2. The van der Waals surface area contributed by atoms with Crippen LogP contribution in [0.1, 0.15) is 55.4 Å². The standard InChI is InChI=1S/C21H24N6O2/c1-5-23-21(29)15-6-7-18-17(8-15)20(12(2)13(3)27(18)14(4)28)26-19-11-24-16(9-22)10-25-19/h6-8,10-13,20H,5H2,1-4H3,(H,23,29)(H,25,26)/t12-,13-,20?/m0/s1. The molecule has 0 saturated heterocycles. The van der Waals surface area contributed by atoms with E-state index in [1.807, 2.05) is 32.0 Å². The highest BCUT2D eigenvalue weighted by Crippen LogP contribution is 2.42. The zero-order chi connectivity index (χ0) is 21.1. The Labute approximate surface area is 170 Å². The number of nitrogens with zero attached hydrogens (tertiary/aromatic N) is 4. The van der Waals surface area contributed by atoms with E-state index in [0.717, 1.165) is 11.3 Å². The molecule has 2 aromatic rings. The Morgan fingerprint density at radius 3 is 2.59 bits per heavy atom. The van der Waals surface area contributed by atoms with Gasteiger partial charge in [0.15, 0.2) is 5.69 Å². The molecule has 3 rings (SSSR count). The Bertz CT molecular complexity index is 966. The molecule has 2 amide bonds. The maximum atomic E-state index is 12.4. The Morgan fingerprint density at radius 1 is 1.24 bits per heavy atom. The maximum absolute atomic E-state index is 12.4. The second-order valence-corrected chi connectivity index (χ2v) is 7.14. The van der Waals surface area contributed by atoms with Crippen molar-refractivity contribution in [2.45, 2.75) is 39.8 Å². The number of amides is 2. The lowest BCUT2D eigenvalue weighted by Gasteiger charge is -2.44. The van der Waals surface area contributed by atoms with E-state index in [1.165, 1.54) is 12.4 Å². The highest BCUT2D eigenvalue weighted by atomic mass is 16.2. The van der Waals surface area contributed by atoms with Gasteiger partial charge in [0.25, 0.3) is 5.91 Å².